The van der Waals surface area contributed by atoms with Crippen LogP contribution in [0.3, 0.4) is 0 Å². The Morgan fingerprint density at radius 3 is 2.79 bits per heavy atom. The third-order valence-electron chi connectivity index (χ3n) is 5.61. The monoisotopic (exact) mass is 390 g/mol. The fourth-order valence-electron chi connectivity index (χ4n) is 3.97. The predicted octanol–water partition coefficient (Wildman–Crippen LogP) is 4.28. The van der Waals surface area contributed by atoms with E-state index in [9.17, 15) is 9.18 Å². The summed E-state index contributed by atoms with van der Waals surface area (Å²) in [6.07, 6.45) is 1.85. The van der Waals surface area contributed by atoms with Gasteiger partial charge in [0.05, 0.1) is 17.8 Å². The van der Waals surface area contributed by atoms with E-state index in [1.54, 1.807) is 4.68 Å². The summed E-state index contributed by atoms with van der Waals surface area (Å²) in [5.41, 5.74) is 5.66. The van der Waals surface area contributed by atoms with Crippen LogP contribution < -0.4 is 5.76 Å². The van der Waals surface area contributed by atoms with Gasteiger partial charge in [0.1, 0.15) is 0 Å². The van der Waals surface area contributed by atoms with Crippen molar-refractivity contribution in [2.45, 2.75) is 20.4 Å². The van der Waals surface area contributed by atoms with E-state index < -0.39 is 11.6 Å². The maximum atomic E-state index is 14.9. The molecule has 2 aromatic carbocycles. The van der Waals surface area contributed by atoms with Crippen LogP contribution in [0.2, 0.25) is 0 Å². The predicted molar refractivity (Wildman–Crippen MR) is 110 cm³/mol. The molecule has 5 aromatic rings. The fraction of sp³-hybridized carbons (Fsp3) is 0.182. The topological polar surface area (TPSA) is 68.8 Å². The summed E-state index contributed by atoms with van der Waals surface area (Å²) in [6, 6.07) is 11.0. The summed E-state index contributed by atoms with van der Waals surface area (Å²) in [7, 11) is 1.86. The van der Waals surface area contributed by atoms with Crippen LogP contribution in [0, 0.1) is 19.7 Å². The highest BCUT2D eigenvalue weighted by molar-refractivity contribution is 5.96. The summed E-state index contributed by atoms with van der Waals surface area (Å²) in [6.45, 7) is 4.12. The van der Waals surface area contributed by atoms with Crippen LogP contribution in [-0.2, 0) is 13.6 Å². The zero-order valence-electron chi connectivity index (χ0n) is 16.3. The molecule has 0 aliphatic rings. The Morgan fingerprint density at radius 1 is 1.21 bits per heavy atom. The van der Waals surface area contributed by atoms with Crippen molar-refractivity contribution in [2.75, 3.05) is 0 Å². The molecule has 0 unspecified atom stereocenters. The summed E-state index contributed by atoms with van der Waals surface area (Å²) in [5.74, 6) is -1.14. The van der Waals surface area contributed by atoms with Crippen molar-refractivity contribution in [1.29, 1.82) is 0 Å². The van der Waals surface area contributed by atoms with Gasteiger partial charge in [-0.05, 0) is 49.2 Å². The van der Waals surface area contributed by atoms with Crippen LogP contribution >= 0.6 is 0 Å². The summed E-state index contributed by atoms with van der Waals surface area (Å²) in [5, 5.41) is 5.39. The molecule has 0 amide bonds. The van der Waals surface area contributed by atoms with E-state index in [4.69, 9.17) is 4.42 Å². The molecule has 0 aliphatic carbocycles. The van der Waals surface area contributed by atoms with Gasteiger partial charge in [-0.25, -0.2) is 9.18 Å². The zero-order valence-corrected chi connectivity index (χ0v) is 16.3. The van der Waals surface area contributed by atoms with Crippen molar-refractivity contribution in [3.05, 3.63) is 75.9 Å². The number of hydrogen-bond donors (Lipinski definition) is 1. The van der Waals surface area contributed by atoms with E-state index in [2.05, 4.69) is 10.1 Å². The van der Waals surface area contributed by atoms with Gasteiger partial charge in [0.25, 0.3) is 0 Å². The number of halogens is 1. The largest absolute Gasteiger partial charge is 0.420 e. The average Bonchev–Trinajstić information content (AvgIpc) is 3.35. The number of nitrogens with one attached hydrogen (secondary N) is 1. The first-order valence-corrected chi connectivity index (χ1v) is 9.32. The molecule has 0 radical (unpaired) electrons. The normalized spacial score (nSPS) is 11.7. The fourth-order valence-corrected chi connectivity index (χ4v) is 3.97. The molecular formula is C22H19FN4O2. The Labute approximate surface area is 165 Å². The zero-order chi connectivity index (χ0) is 20.3. The standard InChI is InChI=1S/C22H19FN4O2/c1-12-17(13(2)26(3)25-12)11-27-20-10-14(9-18(23)21(20)29-22(27)28)15-5-4-6-19-16(15)7-8-24-19/h4-10,24H,11H2,1-3H3. The molecule has 3 heterocycles. The second-order valence-corrected chi connectivity index (χ2v) is 7.28. The third-order valence-corrected chi connectivity index (χ3v) is 5.61. The minimum atomic E-state index is -0.585. The first-order valence-electron chi connectivity index (χ1n) is 9.32. The van der Waals surface area contributed by atoms with Crippen molar-refractivity contribution in [3.63, 3.8) is 0 Å². The maximum absolute atomic E-state index is 14.9. The lowest BCUT2D eigenvalue weighted by Gasteiger charge is -2.07. The van der Waals surface area contributed by atoms with Crippen LogP contribution in [-0.4, -0.2) is 19.3 Å². The number of rotatable bonds is 3. The molecule has 7 heteroatoms. The molecule has 29 heavy (non-hydrogen) atoms. The Kier molecular flexibility index (Phi) is 3.74. The van der Waals surface area contributed by atoms with Gasteiger partial charge < -0.3 is 9.40 Å². The second-order valence-electron chi connectivity index (χ2n) is 7.28. The van der Waals surface area contributed by atoms with Crippen molar-refractivity contribution in [1.82, 2.24) is 19.3 Å². The highest BCUT2D eigenvalue weighted by atomic mass is 19.1. The molecule has 0 bridgehead atoms. The minimum Gasteiger partial charge on any atom is -0.405 e. The van der Waals surface area contributed by atoms with Crippen molar-refractivity contribution < 1.29 is 8.81 Å². The summed E-state index contributed by atoms with van der Waals surface area (Å²) < 4.78 is 23.4. The number of fused-ring (bicyclic) bond motifs is 2. The molecule has 0 fully saturated rings. The molecule has 146 valence electrons. The van der Waals surface area contributed by atoms with Gasteiger partial charge in [0, 0.05) is 35.4 Å². The number of hydrogen-bond acceptors (Lipinski definition) is 3. The molecular weight excluding hydrogens is 371 g/mol. The smallest absolute Gasteiger partial charge is 0.405 e. The highest BCUT2D eigenvalue weighted by Crippen LogP contribution is 2.32. The van der Waals surface area contributed by atoms with Gasteiger partial charge in [-0.3, -0.25) is 9.25 Å². The van der Waals surface area contributed by atoms with Crippen molar-refractivity contribution >= 4 is 22.0 Å². The minimum absolute atomic E-state index is 0.0285. The number of oxazole rings is 1. The lowest BCUT2D eigenvalue weighted by atomic mass is 10.0. The lowest BCUT2D eigenvalue weighted by molar-refractivity contribution is 0.498. The molecule has 0 saturated carbocycles. The van der Waals surface area contributed by atoms with Crippen LogP contribution in [0.4, 0.5) is 4.39 Å². The van der Waals surface area contributed by atoms with E-state index in [0.29, 0.717) is 11.1 Å². The van der Waals surface area contributed by atoms with Gasteiger partial charge in [-0.1, -0.05) is 12.1 Å². The number of aromatic nitrogens is 4. The molecule has 6 nitrogen and oxygen atoms in total. The Bertz CT molecular complexity index is 1450. The molecule has 0 spiro atoms. The quantitative estimate of drug-likeness (QED) is 0.500. The van der Waals surface area contributed by atoms with Crippen LogP contribution in [0.25, 0.3) is 33.1 Å². The van der Waals surface area contributed by atoms with Gasteiger partial charge in [0.15, 0.2) is 11.4 Å². The maximum Gasteiger partial charge on any atom is 0.420 e. The van der Waals surface area contributed by atoms with Gasteiger partial charge in [0.2, 0.25) is 0 Å². The molecule has 5 rings (SSSR count). The molecule has 1 N–H and O–H groups in total. The Hall–Kier alpha value is -3.61. The Balaban J connectivity index is 1.73. The van der Waals surface area contributed by atoms with E-state index in [0.717, 1.165) is 33.4 Å². The van der Waals surface area contributed by atoms with Gasteiger partial charge in [-0.2, -0.15) is 5.10 Å². The third kappa shape index (κ3) is 2.61. The van der Waals surface area contributed by atoms with Gasteiger partial charge >= 0.3 is 5.76 Å². The van der Waals surface area contributed by atoms with Crippen LogP contribution in [0.15, 0.2) is 51.8 Å². The first-order chi connectivity index (χ1) is 13.9. The van der Waals surface area contributed by atoms with Crippen molar-refractivity contribution in [3.8, 4) is 11.1 Å². The summed E-state index contributed by atoms with van der Waals surface area (Å²) in [4.78, 5) is 15.7. The molecule has 0 saturated heterocycles. The number of nitrogens with zero attached hydrogens (tertiary/aromatic N) is 3. The number of H-pyrrole nitrogens is 1. The van der Waals surface area contributed by atoms with Crippen LogP contribution in [0.1, 0.15) is 17.0 Å². The van der Waals surface area contributed by atoms with E-state index in [1.165, 1.54) is 10.6 Å². The van der Waals surface area contributed by atoms with Crippen molar-refractivity contribution in [2.24, 2.45) is 7.05 Å². The molecule has 3 aromatic heterocycles. The van der Waals surface area contributed by atoms with E-state index >= 15 is 0 Å². The first kappa shape index (κ1) is 17.5. The van der Waals surface area contributed by atoms with E-state index in [-0.39, 0.29) is 12.1 Å². The van der Waals surface area contributed by atoms with E-state index in [1.807, 2.05) is 57.4 Å². The lowest BCUT2D eigenvalue weighted by Crippen LogP contribution is -2.15. The summed E-state index contributed by atoms with van der Waals surface area (Å²) >= 11 is 0. The van der Waals surface area contributed by atoms with Crippen LogP contribution in [0.5, 0.6) is 0 Å². The molecule has 0 atom stereocenters. The SMILES string of the molecule is Cc1nn(C)c(C)c1Cn1c(=O)oc2c(F)cc(-c3cccc4[nH]ccc34)cc21. The number of aryl methyl sites for hydroxylation is 2. The average molecular weight is 390 g/mol. The Morgan fingerprint density at radius 2 is 2.03 bits per heavy atom. The number of aromatic amines is 1. The second kappa shape index (κ2) is 6.20. The highest BCUT2D eigenvalue weighted by Gasteiger charge is 2.19. The van der Waals surface area contributed by atoms with Gasteiger partial charge in [-0.15, -0.1) is 0 Å². The molecule has 0 aliphatic heterocycles. The number of benzene rings is 2.